The highest BCUT2D eigenvalue weighted by molar-refractivity contribution is 6.01. The number of alkyl carbamates (subject to hydrolysis) is 2. The maximum atomic E-state index is 14.4. The van der Waals surface area contributed by atoms with Crippen LogP contribution in [0.3, 0.4) is 0 Å². The average molecular weight is 2080 g/mol. The maximum absolute atomic E-state index is 14.4. The Morgan fingerprint density at radius 2 is 1.09 bits per heavy atom. The Bertz CT molecular complexity index is 5570. The van der Waals surface area contributed by atoms with Crippen molar-refractivity contribution in [3.05, 3.63) is 145 Å². The van der Waals surface area contributed by atoms with Crippen molar-refractivity contribution in [2.24, 2.45) is 0 Å². The van der Waals surface area contributed by atoms with Gasteiger partial charge in [-0.25, -0.2) is 24.2 Å². The van der Waals surface area contributed by atoms with E-state index in [1.807, 2.05) is 48.5 Å². The Morgan fingerprint density at radius 3 is 1.66 bits per heavy atom. The number of methoxy groups -OCH3 is 1. The zero-order chi connectivity index (χ0) is 105. The van der Waals surface area contributed by atoms with E-state index >= 15 is 0 Å². The maximum Gasteiger partial charge on any atom is 0.407 e. The number of rotatable bonds is 63. The van der Waals surface area contributed by atoms with Crippen LogP contribution in [-0.4, -0.2) is 344 Å². The number of hydrogen-bond acceptors (Lipinski definition) is 37. The molecular weight excluding hydrogens is 1940 g/mol. The number of aliphatic hydroxyl groups is 1. The molecule has 7 heterocycles. The van der Waals surface area contributed by atoms with Crippen LogP contribution in [-0.2, 0) is 192 Å². The third-order valence-electron chi connectivity index (χ3n) is 25.3. The lowest BCUT2D eigenvalue weighted by atomic mass is 9.85. The van der Waals surface area contributed by atoms with E-state index < -0.39 is 164 Å². The molecule has 148 heavy (non-hydrogen) atoms. The molecule has 13 rings (SSSR count). The van der Waals surface area contributed by atoms with Crippen LogP contribution >= 0.6 is 0 Å². The topological polar surface area (TPSA) is 567 Å². The second-order valence-corrected chi connectivity index (χ2v) is 35.5. The van der Waals surface area contributed by atoms with Gasteiger partial charge in [-0.2, -0.15) is 0 Å². The summed E-state index contributed by atoms with van der Waals surface area (Å²) in [6.07, 6.45) is -11.5. The summed E-state index contributed by atoms with van der Waals surface area (Å²) in [6, 6.07) is 22.2. The van der Waals surface area contributed by atoms with Crippen LogP contribution in [0.15, 0.2) is 89.7 Å². The van der Waals surface area contributed by atoms with Crippen molar-refractivity contribution >= 4 is 88.2 Å². The van der Waals surface area contributed by atoms with Gasteiger partial charge < -0.3 is 156 Å². The summed E-state index contributed by atoms with van der Waals surface area (Å²) in [7, 11) is 1.63. The molecule has 0 bridgehead atoms. The number of ether oxygens (including phenoxy) is 22. The number of aliphatic carboxylic acids is 1. The van der Waals surface area contributed by atoms with Crippen LogP contribution < -0.4 is 47.5 Å². The third kappa shape index (κ3) is 31.6. The minimum absolute atomic E-state index is 0.0216. The summed E-state index contributed by atoms with van der Waals surface area (Å²) in [5.74, 6) is -8.88. The van der Waals surface area contributed by atoms with Crippen molar-refractivity contribution in [1.82, 2.24) is 41.5 Å². The van der Waals surface area contributed by atoms with Crippen molar-refractivity contribution < 1.29 is 172 Å². The Labute approximate surface area is 853 Å². The first-order chi connectivity index (χ1) is 71.8. The molecule has 5 aliphatic heterocycles. The third-order valence-corrected chi connectivity index (χ3v) is 25.3. The first-order valence-electron chi connectivity index (χ1n) is 49.6. The van der Waals surface area contributed by atoms with E-state index in [4.69, 9.17) is 109 Å². The monoisotopic (exact) mass is 2070 g/mol. The molecule has 9 N–H and O–H groups in total. The number of aryl methyl sites for hydroxylation is 2. The minimum atomic E-state index is -2.11. The Hall–Kier alpha value is -12.4. The SMILES string of the molecule is CC[C@@]1(O)C(=O)OCc2c1cc1n(c2=O)Cc2c-1nc1ccc(NC(=O)CNC(=O)OCc3ccc(O[C@@H]4O[C@H](C(=O)O)[C@@H](OC(C)=O)[C@H](OC(C)=O)[C@H]4OC(C)=O)c(CNC(=O)CCNC(=O)[C@H](CCCC(=O)N[C@H]4CO[C@H]5[C@@H]4OC[C@@H]5NC(=O)CCOCCOCCOCCOCCOCCOCCOCCOCCOCCOCCOCCOC)NC(=O)OCC4c5ccccc5-c5ccccc54)c3)c3c1c2CCC3. The summed E-state index contributed by atoms with van der Waals surface area (Å²) in [5, 5.41) is 42.0. The van der Waals surface area contributed by atoms with E-state index in [9.17, 15) is 72.5 Å². The Kier molecular flexibility index (Phi) is 43.8. The lowest BCUT2D eigenvalue weighted by Gasteiger charge is -2.42. The standard InChI is InChI=1S/C102H131N9O37/c1-6-102(126)75-52-81-88-72(55-111(81)96(120)74(75)58-141-99(102)123)70-17-11-18-71-76(22-23-77(109-88)87(70)71)106-86(118)54-105-100(124)142-56-64-21-24-82(147-98-94(146-63(4)114)92(145-62(3)113)91(144-61(2)112)93(148-98)97(121)122)65(51-64)53-104-83(115)25-27-103-95(119)78(110-101(125)143-57-73-68-15-9-7-13-66(68)67-14-8-10-16-69(67)73)19-12-20-84(116)107-79-59-139-90-80(60-140-89(79)90)108-85(117)26-28-128-31-32-130-35-36-132-39-40-134-43-44-136-47-48-138-50-49-137-46-45-135-42-41-133-38-37-131-34-33-129-30-29-127-5/h7-10,13-16,21-24,51-52,73,78-80,89-94,98,126H,6,11-12,17-20,25-50,53-60H2,1-5H3,(H,103,119)(H,104,115)(H,105,124)(H,106,118)(H,107,116)(H,108,117)(H,110,125)(H,121,122)/t78-,79-,80-,89+,90+,91-,92-,93-,94+,98+,102-/m0/s1. The van der Waals surface area contributed by atoms with E-state index in [1.54, 1.807) is 36.8 Å². The fourth-order valence-electron chi connectivity index (χ4n) is 18.3. The van der Waals surface area contributed by atoms with E-state index in [2.05, 4.69) is 37.2 Å². The largest absolute Gasteiger partial charge is 0.479 e. The van der Waals surface area contributed by atoms with Gasteiger partial charge in [0, 0.05) is 93.9 Å². The fraction of sp³-hybridized carbons (Fsp3) is 0.569. The van der Waals surface area contributed by atoms with E-state index in [1.165, 1.54) is 18.2 Å². The van der Waals surface area contributed by atoms with E-state index in [-0.39, 0.29) is 131 Å². The summed E-state index contributed by atoms with van der Waals surface area (Å²) >= 11 is 0. The van der Waals surface area contributed by atoms with Crippen LogP contribution in [0, 0.1) is 0 Å². The number of fused-ring (bicyclic) bond motifs is 9. The highest BCUT2D eigenvalue weighted by Gasteiger charge is 2.56. The molecular formula is C102H131N9O37. The van der Waals surface area contributed by atoms with Crippen LogP contribution in [0.4, 0.5) is 15.3 Å². The van der Waals surface area contributed by atoms with Crippen molar-refractivity contribution in [1.29, 1.82) is 0 Å². The number of amides is 7. The molecule has 0 unspecified atom stereocenters. The molecule has 4 aromatic carbocycles. The molecule has 0 saturated carbocycles. The van der Waals surface area contributed by atoms with Gasteiger partial charge in [-0.05, 0) is 108 Å². The van der Waals surface area contributed by atoms with Gasteiger partial charge in [0.25, 0.3) is 5.56 Å². The quantitative estimate of drug-likeness (QED) is 0.0149. The zero-order valence-electron chi connectivity index (χ0n) is 83.5. The fourth-order valence-corrected chi connectivity index (χ4v) is 18.3. The van der Waals surface area contributed by atoms with Crippen molar-refractivity contribution in [3.8, 4) is 28.3 Å². The Balaban J connectivity index is 0.547. The van der Waals surface area contributed by atoms with Crippen LogP contribution in [0.1, 0.15) is 129 Å². The number of benzene rings is 4. The number of nitrogens with one attached hydrogen (secondary N) is 7. The molecule has 0 radical (unpaired) electrons. The number of pyridine rings is 2. The molecule has 7 amide bonds. The number of aromatic nitrogens is 2. The first kappa shape index (κ1) is 113. The number of anilines is 1. The van der Waals surface area contributed by atoms with Crippen LogP contribution in [0.5, 0.6) is 5.75 Å². The van der Waals surface area contributed by atoms with Gasteiger partial charge >= 0.3 is 42.0 Å². The van der Waals surface area contributed by atoms with Gasteiger partial charge in [0.15, 0.2) is 23.9 Å². The number of carboxylic acid groups (broad SMARTS) is 1. The normalized spacial score (nSPS) is 19.8. The molecule has 0 spiro atoms. The molecule has 806 valence electrons. The number of carbonyl (C=O) groups is 12. The lowest BCUT2D eigenvalue weighted by molar-refractivity contribution is -0.282. The lowest BCUT2D eigenvalue weighted by Crippen LogP contribution is -2.64. The van der Waals surface area contributed by atoms with Crippen molar-refractivity contribution in [3.63, 3.8) is 0 Å². The summed E-state index contributed by atoms with van der Waals surface area (Å²) in [5.41, 5.74) is 6.65. The van der Waals surface area contributed by atoms with Crippen molar-refractivity contribution in [2.45, 2.75) is 184 Å². The molecule has 3 saturated heterocycles. The predicted molar refractivity (Wildman–Crippen MR) is 518 cm³/mol. The second kappa shape index (κ2) is 57.4. The molecule has 2 aromatic heterocycles. The van der Waals surface area contributed by atoms with Gasteiger partial charge in [-0.3, -0.25) is 43.2 Å². The number of esters is 4. The highest BCUT2D eigenvalue weighted by atomic mass is 16.7. The number of carbonyl (C=O) groups excluding carboxylic acids is 11. The zero-order valence-corrected chi connectivity index (χ0v) is 83.5. The predicted octanol–water partition coefficient (Wildman–Crippen LogP) is 3.60. The van der Waals surface area contributed by atoms with E-state index in [0.29, 0.717) is 174 Å². The van der Waals surface area contributed by atoms with Crippen LogP contribution in [0.2, 0.25) is 0 Å². The molecule has 6 aromatic rings. The van der Waals surface area contributed by atoms with Gasteiger partial charge in [0.1, 0.15) is 50.4 Å². The summed E-state index contributed by atoms with van der Waals surface area (Å²) in [6.45, 7) is 12.3. The number of cyclic esters (lactones) is 1. The first-order valence-corrected chi connectivity index (χ1v) is 49.6. The average Bonchev–Trinajstić information content (AvgIpc) is 1.61. The molecule has 46 nitrogen and oxygen atoms in total. The number of nitrogens with zero attached hydrogens (tertiary/aromatic N) is 2. The molecule has 7 aliphatic rings. The number of hydrogen-bond donors (Lipinski definition) is 9. The second-order valence-electron chi connectivity index (χ2n) is 35.5. The van der Waals surface area contributed by atoms with Crippen molar-refractivity contribution in [2.75, 3.05) is 197 Å². The highest BCUT2D eigenvalue weighted by Crippen LogP contribution is 2.47. The Morgan fingerprint density at radius 1 is 0.554 bits per heavy atom. The molecule has 2 aliphatic carbocycles. The molecule has 46 heteroatoms. The van der Waals surface area contributed by atoms with E-state index in [0.717, 1.165) is 65.1 Å². The molecule has 11 atom stereocenters. The molecule has 3 fully saturated rings. The van der Waals surface area contributed by atoms with Crippen LogP contribution in [0.25, 0.3) is 33.4 Å². The summed E-state index contributed by atoms with van der Waals surface area (Å²) in [4.78, 5) is 179. The van der Waals surface area contributed by atoms with Gasteiger partial charge in [0.05, 0.1) is 206 Å². The smallest absolute Gasteiger partial charge is 0.407 e. The minimum Gasteiger partial charge on any atom is -0.479 e. The van der Waals surface area contributed by atoms with Gasteiger partial charge in [0.2, 0.25) is 41.9 Å². The van der Waals surface area contributed by atoms with Gasteiger partial charge in [-0.1, -0.05) is 61.5 Å². The summed E-state index contributed by atoms with van der Waals surface area (Å²) < 4.78 is 124. The number of carboxylic acids is 1. The van der Waals surface area contributed by atoms with Gasteiger partial charge in [-0.15, -0.1) is 0 Å².